The Balaban J connectivity index is 1.49. The van der Waals surface area contributed by atoms with Crippen molar-refractivity contribution in [1.82, 2.24) is 0 Å². The summed E-state index contributed by atoms with van der Waals surface area (Å²) in [6.45, 7) is 6.06. The molecule has 1 aliphatic rings. The molecule has 1 heterocycles. The van der Waals surface area contributed by atoms with Gasteiger partial charge in [0, 0.05) is 58.7 Å². The molecule has 2 unspecified atom stereocenters. The number of aryl methyl sites for hydroxylation is 1. The van der Waals surface area contributed by atoms with Crippen molar-refractivity contribution in [2.24, 2.45) is 0 Å². The first-order valence-electron chi connectivity index (χ1n) is 16.4. The highest BCUT2D eigenvalue weighted by Crippen LogP contribution is 2.49. The van der Waals surface area contributed by atoms with Crippen molar-refractivity contribution in [1.29, 1.82) is 0 Å². The van der Waals surface area contributed by atoms with Crippen LogP contribution in [-0.4, -0.2) is 41.4 Å². The average molecular weight is 723 g/mol. The van der Waals surface area contributed by atoms with Crippen LogP contribution in [0.4, 0.5) is 0 Å². The van der Waals surface area contributed by atoms with Gasteiger partial charge in [-0.05, 0) is 60.0 Å². The van der Waals surface area contributed by atoms with Gasteiger partial charge in [0.2, 0.25) is 0 Å². The number of carbonyl (C=O) groups is 7. The van der Waals surface area contributed by atoms with Crippen molar-refractivity contribution in [2.75, 3.05) is 0 Å². The fourth-order valence-corrected chi connectivity index (χ4v) is 5.84. The maximum absolute atomic E-state index is 14.5. The zero-order valence-electron chi connectivity index (χ0n) is 29.4. The zero-order valence-corrected chi connectivity index (χ0v) is 29.4. The molecule has 2 atom stereocenters. The number of benzene rings is 4. The predicted octanol–water partition coefficient (Wildman–Crippen LogP) is 6.23. The minimum Gasteiger partial charge on any atom is -0.484 e. The van der Waals surface area contributed by atoms with Gasteiger partial charge >= 0.3 is 29.8 Å². The molecule has 4 aromatic carbocycles. The maximum Gasteiger partial charge on any atom is 0.308 e. The number of fused-ring (bicyclic) bond motifs is 1. The summed E-state index contributed by atoms with van der Waals surface area (Å²) in [6.07, 6.45) is -0.675. The lowest BCUT2D eigenvalue weighted by atomic mass is 9.83. The molecule has 272 valence electrons. The van der Waals surface area contributed by atoms with Gasteiger partial charge in [0.1, 0.15) is 40.6 Å². The fourth-order valence-electron chi connectivity index (χ4n) is 5.84. The Hall–Kier alpha value is -6.63. The van der Waals surface area contributed by atoms with Crippen LogP contribution < -0.4 is 28.4 Å². The molecule has 0 radical (unpaired) electrons. The minimum atomic E-state index is -0.987. The van der Waals surface area contributed by atoms with E-state index in [0.29, 0.717) is 28.2 Å². The van der Waals surface area contributed by atoms with E-state index in [9.17, 15) is 33.6 Å². The standard InChI is InChI=1S/C40H34O13/c1-21(41)48-28-10-8-27(9-11-28)40-38(39(47)32-15-13-30(50-23(3)43)20-37(32)52-25(5)45)33-18-26(7-17-35(33)53-40)6-16-34(46)31-14-12-29(49-22(2)42)19-36(31)51-24(4)44/h7-15,17-20,38,40H,6,16H2,1-5H3. The summed E-state index contributed by atoms with van der Waals surface area (Å²) in [4.78, 5) is 86.3. The second kappa shape index (κ2) is 16.1. The second-order valence-electron chi connectivity index (χ2n) is 12.0. The molecule has 4 aromatic rings. The van der Waals surface area contributed by atoms with E-state index in [-0.39, 0.29) is 52.7 Å². The summed E-state index contributed by atoms with van der Waals surface area (Å²) >= 11 is 0. The third kappa shape index (κ3) is 9.38. The molecule has 0 N–H and O–H groups in total. The highest BCUT2D eigenvalue weighted by molar-refractivity contribution is 6.05. The molecule has 0 fully saturated rings. The van der Waals surface area contributed by atoms with Gasteiger partial charge < -0.3 is 28.4 Å². The normalized spacial score (nSPS) is 14.2. The van der Waals surface area contributed by atoms with Crippen LogP contribution in [0.3, 0.4) is 0 Å². The Bertz CT molecular complexity index is 2130. The Morgan fingerprint density at radius 2 is 1.04 bits per heavy atom. The third-order valence-electron chi connectivity index (χ3n) is 7.86. The first-order chi connectivity index (χ1) is 25.2. The molecule has 13 nitrogen and oxygen atoms in total. The number of ketones is 2. The van der Waals surface area contributed by atoms with Gasteiger partial charge in [-0.15, -0.1) is 0 Å². The van der Waals surface area contributed by atoms with Crippen molar-refractivity contribution in [3.8, 4) is 34.5 Å². The smallest absolute Gasteiger partial charge is 0.308 e. The number of rotatable bonds is 12. The number of hydrogen-bond acceptors (Lipinski definition) is 13. The van der Waals surface area contributed by atoms with E-state index in [2.05, 4.69) is 0 Å². The summed E-state index contributed by atoms with van der Waals surface area (Å²) in [7, 11) is 0. The van der Waals surface area contributed by atoms with Crippen molar-refractivity contribution < 1.29 is 62.0 Å². The van der Waals surface area contributed by atoms with Crippen molar-refractivity contribution in [3.05, 3.63) is 107 Å². The molecule has 0 amide bonds. The van der Waals surface area contributed by atoms with Crippen LogP contribution in [-0.2, 0) is 30.4 Å². The topological polar surface area (TPSA) is 175 Å². The Morgan fingerprint density at radius 3 is 1.58 bits per heavy atom. The van der Waals surface area contributed by atoms with Crippen LogP contribution >= 0.6 is 0 Å². The molecule has 0 saturated heterocycles. The number of Topliss-reactive ketones (excluding diaryl/α,β-unsaturated/α-hetero) is 2. The van der Waals surface area contributed by atoms with Gasteiger partial charge in [0.15, 0.2) is 11.6 Å². The molecule has 13 heteroatoms. The Labute approximate surface area is 303 Å². The average Bonchev–Trinajstić information content (AvgIpc) is 3.45. The Morgan fingerprint density at radius 1 is 0.547 bits per heavy atom. The van der Waals surface area contributed by atoms with Crippen molar-refractivity contribution in [3.63, 3.8) is 0 Å². The van der Waals surface area contributed by atoms with Crippen molar-refractivity contribution >= 4 is 41.4 Å². The fraction of sp³-hybridized carbons (Fsp3) is 0.225. The summed E-state index contributed by atoms with van der Waals surface area (Å²) < 4.78 is 32.4. The lowest BCUT2D eigenvalue weighted by Crippen LogP contribution is -2.20. The molecule has 0 saturated carbocycles. The lowest BCUT2D eigenvalue weighted by Gasteiger charge is -2.20. The summed E-state index contributed by atoms with van der Waals surface area (Å²) in [5.74, 6) is -4.20. The minimum absolute atomic E-state index is 0.0192. The van der Waals surface area contributed by atoms with Crippen LogP contribution in [0.25, 0.3) is 0 Å². The summed E-state index contributed by atoms with van der Waals surface area (Å²) in [5.41, 5.74) is 1.89. The van der Waals surface area contributed by atoms with E-state index in [1.54, 1.807) is 42.5 Å². The van der Waals surface area contributed by atoms with Crippen molar-refractivity contribution in [2.45, 2.75) is 59.5 Å². The highest BCUT2D eigenvalue weighted by atomic mass is 16.6. The first kappa shape index (κ1) is 37.6. The molecular formula is C40H34O13. The molecule has 0 aliphatic carbocycles. The van der Waals surface area contributed by atoms with Gasteiger partial charge in [-0.25, -0.2) is 0 Å². The van der Waals surface area contributed by atoms with Crippen LogP contribution in [0.5, 0.6) is 34.5 Å². The van der Waals surface area contributed by atoms with Crippen LogP contribution in [0.1, 0.15) is 90.5 Å². The maximum atomic E-state index is 14.5. The largest absolute Gasteiger partial charge is 0.484 e. The molecule has 1 aliphatic heterocycles. The number of hydrogen-bond donors (Lipinski definition) is 0. The van der Waals surface area contributed by atoms with Gasteiger partial charge in [0.25, 0.3) is 0 Å². The van der Waals surface area contributed by atoms with Gasteiger partial charge in [0.05, 0.1) is 17.0 Å². The van der Waals surface area contributed by atoms with Gasteiger partial charge in [-0.3, -0.25) is 33.6 Å². The van der Waals surface area contributed by atoms with E-state index < -0.39 is 47.7 Å². The highest BCUT2D eigenvalue weighted by Gasteiger charge is 2.42. The number of esters is 5. The second-order valence-corrected chi connectivity index (χ2v) is 12.0. The SMILES string of the molecule is CC(=O)Oc1ccc(C2Oc3ccc(CCC(=O)c4ccc(OC(C)=O)cc4OC(C)=O)cc3C2C(=O)c2ccc(OC(C)=O)cc2OC(C)=O)cc1. The van der Waals surface area contributed by atoms with Gasteiger partial charge in [-0.1, -0.05) is 24.3 Å². The molecule has 0 spiro atoms. The summed E-state index contributed by atoms with van der Waals surface area (Å²) in [6, 6.07) is 19.9. The van der Waals surface area contributed by atoms with E-state index in [1.165, 1.54) is 71.0 Å². The van der Waals surface area contributed by atoms with E-state index in [0.717, 1.165) is 0 Å². The zero-order chi connectivity index (χ0) is 38.4. The molecule has 0 bridgehead atoms. The molecule has 5 rings (SSSR count). The molecule has 53 heavy (non-hydrogen) atoms. The van der Waals surface area contributed by atoms with Crippen LogP contribution in [0.15, 0.2) is 78.9 Å². The molecule has 0 aromatic heterocycles. The Kier molecular flexibility index (Phi) is 11.5. The number of ether oxygens (including phenoxy) is 6. The summed E-state index contributed by atoms with van der Waals surface area (Å²) in [5, 5.41) is 0. The first-order valence-corrected chi connectivity index (χ1v) is 16.4. The van der Waals surface area contributed by atoms with Crippen LogP contribution in [0, 0.1) is 0 Å². The monoisotopic (exact) mass is 722 g/mol. The van der Waals surface area contributed by atoms with E-state index >= 15 is 0 Å². The van der Waals surface area contributed by atoms with Crippen LogP contribution in [0.2, 0.25) is 0 Å². The van der Waals surface area contributed by atoms with Gasteiger partial charge in [-0.2, -0.15) is 0 Å². The predicted molar refractivity (Wildman–Crippen MR) is 185 cm³/mol. The lowest BCUT2D eigenvalue weighted by molar-refractivity contribution is -0.133. The quantitative estimate of drug-likeness (QED) is 0.0915. The molecular weight excluding hydrogens is 688 g/mol. The third-order valence-corrected chi connectivity index (χ3v) is 7.86. The van der Waals surface area contributed by atoms with E-state index in [1.807, 2.05) is 0 Å². The number of carbonyl (C=O) groups excluding carboxylic acids is 7. The van der Waals surface area contributed by atoms with E-state index in [4.69, 9.17) is 28.4 Å².